The Hall–Kier alpha value is -2.26. The molecule has 3 aromatic rings. The molecule has 0 aliphatic rings. The van der Waals surface area contributed by atoms with Gasteiger partial charge in [0.1, 0.15) is 0 Å². The number of oxazole rings is 1. The minimum absolute atomic E-state index is 0.121. The number of rotatable bonds is 3. The van der Waals surface area contributed by atoms with Crippen LogP contribution in [0.3, 0.4) is 0 Å². The zero-order valence-electron chi connectivity index (χ0n) is 11.7. The third-order valence-corrected chi connectivity index (χ3v) is 5.00. The van der Waals surface area contributed by atoms with Gasteiger partial charge in [0.05, 0.1) is 20.8 Å². The van der Waals surface area contributed by atoms with Gasteiger partial charge in [0.15, 0.2) is 21.4 Å². The number of sulfone groups is 1. The lowest BCUT2D eigenvalue weighted by Crippen LogP contribution is -2.11. The molecule has 0 saturated carbocycles. The fourth-order valence-corrected chi connectivity index (χ4v) is 3.48. The van der Waals surface area contributed by atoms with Gasteiger partial charge in [0.25, 0.3) is 5.91 Å². The molecule has 114 valence electrons. The average Bonchev–Trinajstić information content (AvgIpc) is 3.01. The maximum absolute atomic E-state index is 12.0. The molecule has 9 heteroatoms. The van der Waals surface area contributed by atoms with E-state index in [1.54, 1.807) is 13.0 Å². The maximum Gasteiger partial charge on any atom is 0.295 e. The smallest absolute Gasteiger partial charge is 0.295 e. The van der Waals surface area contributed by atoms with E-state index < -0.39 is 15.7 Å². The van der Waals surface area contributed by atoms with Crippen LogP contribution in [0.1, 0.15) is 16.2 Å². The number of hydrogen-bond donors (Lipinski definition) is 1. The summed E-state index contributed by atoms with van der Waals surface area (Å²) in [6.07, 6.45) is 2.34. The van der Waals surface area contributed by atoms with E-state index >= 15 is 0 Å². The summed E-state index contributed by atoms with van der Waals surface area (Å²) in [6, 6.07) is 4.64. The van der Waals surface area contributed by atoms with Gasteiger partial charge < -0.3 is 4.42 Å². The number of aryl methyl sites for hydroxylation is 1. The number of hydrogen-bond acceptors (Lipinski definition) is 7. The molecule has 3 rings (SSSR count). The van der Waals surface area contributed by atoms with Gasteiger partial charge in [0.2, 0.25) is 5.76 Å². The van der Waals surface area contributed by atoms with E-state index in [2.05, 4.69) is 15.3 Å². The Morgan fingerprint density at radius 3 is 2.77 bits per heavy atom. The second-order valence-electron chi connectivity index (χ2n) is 4.64. The summed E-state index contributed by atoms with van der Waals surface area (Å²) in [5.41, 5.74) is 1.10. The van der Waals surface area contributed by atoms with E-state index in [1.807, 2.05) is 0 Å². The van der Waals surface area contributed by atoms with Gasteiger partial charge in [-0.2, -0.15) is 0 Å². The highest BCUT2D eigenvalue weighted by atomic mass is 32.2. The van der Waals surface area contributed by atoms with Crippen molar-refractivity contribution in [2.24, 2.45) is 0 Å². The Morgan fingerprint density at radius 2 is 2.14 bits per heavy atom. The van der Waals surface area contributed by atoms with Crippen molar-refractivity contribution >= 4 is 42.4 Å². The van der Waals surface area contributed by atoms with Gasteiger partial charge in [-0.05, 0) is 25.1 Å². The number of thiazole rings is 1. The maximum atomic E-state index is 12.0. The summed E-state index contributed by atoms with van der Waals surface area (Å²) in [7, 11) is -3.28. The van der Waals surface area contributed by atoms with Crippen LogP contribution >= 0.6 is 11.3 Å². The number of carbonyl (C=O) groups excluding carboxylic acids is 1. The Balaban J connectivity index is 1.93. The lowest BCUT2D eigenvalue weighted by Gasteiger charge is -1.97. The summed E-state index contributed by atoms with van der Waals surface area (Å²) in [5.74, 6) is -0.325. The quantitative estimate of drug-likeness (QED) is 0.786. The SMILES string of the molecule is Cc1ncoc1C(=O)Nc1nc2ccc(S(C)(=O)=O)cc2s1. The summed E-state index contributed by atoms with van der Waals surface area (Å²) in [5, 5.41) is 2.98. The van der Waals surface area contributed by atoms with Gasteiger partial charge in [-0.3, -0.25) is 10.1 Å². The van der Waals surface area contributed by atoms with Gasteiger partial charge in [-0.15, -0.1) is 0 Å². The molecule has 7 nitrogen and oxygen atoms in total. The lowest BCUT2D eigenvalue weighted by molar-refractivity contribution is 0.0996. The molecule has 2 aromatic heterocycles. The van der Waals surface area contributed by atoms with E-state index in [1.165, 1.54) is 29.9 Å². The van der Waals surface area contributed by atoms with Crippen molar-refractivity contribution in [3.63, 3.8) is 0 Å². The molecule has 0 aliphatic heterocycles. The largest absolute Gasteiger partial charge is 0.438 e. The van der Waals surface area contributed by atoms with Gasteiger partial charge in [0, 0.05) is 6.26 Å². The number of aromatic nitrogens is 2. The van der Waals surface area contributed by atoms with E-state index in [4.69, 9.17) is 4.42 Å². The molecule has 0 radical (unpaired) electrons. The topological polar surface area (TPSA) is 102 Å². The minimum Gasteiger partial charge on any atom is -0.438 e. The number of benzene rings is 1. The monoisotopic (exact) mass is 337 g/mol. The summed E-state index contributed by atoms with van der Waals surface area (Å²) in [6.45, 7) is 1.66. The van der Waals surface area contributed by atoms with Crippen molar-refractivity contribution in [3.8, 4) is 0 Å². The summed E-state index contributed by atoms with van der Waals surface area (Å²) in [4.78, 5) is 20.3. The van der Waals surface area contributed by atoms with Crippen LogP contribution < -0.4 is 5.32 Å². The van der Waals surface area contributed by atoms with Crippen LogP contribution in [0.5, 0.6) is 0 Å². The van der Waals surface area contributed by atoms with Crippen molar-refractivity contribution in [3.05, 3.63) is 36.0 Å². The van der Waals surface area contributed by atoms with Crippen molar-refractivity contribution in [1.29, 1.82) is 0 Å². The first-order chi connectivity index (χ1) is 10.3. The molecule has 1 amide bonds. The Bertz CT molecular complexity index is 972. The Kier molecular flexibility index (Phi) is 3.45. The highest BCUT2D eigenvalue weighted by Gasteiger charge is 2.16. The number of anilines is 1. The molecule has 22 heavy (non-hydrogen) atoms. The van der Waals surface area contributed by atoms with Gasteiger partial charge in [-0.25, -0.2) is 18.4 Å². The van der Waals surface area contributed by atoms with Gasteiger partial charge >= 0.3 is 0 Å². The molecule has 0 fully saturated rings. The predicted octanol–water partition coefficient (Wildman–Crippen LogP) is 2.25. The first kappa shape index (κ1) is 14.7. The van der Waals surface area contributed by atoms with Crippen molar-refractivity contribution in [2.75, 3.05) is 11.6 Å². The van der Waals surface area contributed by atoms with Crippen LogP contribution in [0.4, 0.5) is 5.13 Å². The highest BCUT2D eigenvalue weighted by Crippen LogP contribution is 2.28. The molecule has 0 aliphatic carbocycles. The van der Waals surface area contributed by atoms with Crippen LogP contribution in [0.25, 0.3) is 10.2 Å². The number of amides is 1. The first-order valence-corrected chi connectivity index (χ1v) is 8.87. The fraction of sp³-hybridized carbons (Fsp3) is 0.154. The third kappa shape index (κ3) is 2.72. The van der Waals surface area contributed by atoms with Crippen molar-refractivity contribution in [2.45, 2.75) is 11.8 Å². The Labute approximate surface area is 129 Å². The van der Waals surface area contributed by atoms with E-state index in [0.29, 0.717) is 21.0 Å². The van der Waals surface area contributed by atoms with E-state index in [0.717, 1.165) is 6.26 Å². The summed E-state index contributed by atoms with van der Waals surface area (Å²) >= 11 is 1.19. The number of nitrogens with zero attached hydrogens (tertiary/aromatic N) is 2. The van der Waals surface area contributed by atoms with Crippen molar-refractivity contribution in [1.82, 2.24) is 9.97 Å². The molecule has 2 heterocycles. The average molecular weight is 337 g/mol. The van der Waals surface area contributed by atoms with Crippen LogP contribution in [0, 0.1) is 6.92 Å². The number of nitrogens with one attached hydrogen (secondary N) is 1. The second-order valence-corrected chi connectivity index (χ2v) is 7.69. The molecule has 1 aromatic carbocycles. The highest BCUT2D eigenvalue weighted by molar-refractivity contribution is 7.90. The normalized spacial score (nSPS) is 11.7. The zero-order chi connectivity index (χ0) is 15.9. The molecule has 0 saturated heterocycles. The minimum atomic E-state index is -3.28. The molecule has 0 bridgehead atoms. The molecule has 0 unspecified atom stereocenters. The molecule has 0 spiro atoms. The van der Waals surface area contributed by atoms with Crippen LogP contribution in [0.15, 0.2) is 33.9 Å². The third-order valence-electron chi connectivity index (χ3n) is 2.96. The predicted molar refractivity (Wildman–Crippen MR) is 81.9 cm³/mol. The number of fused-ring (bicyclic) bond motifs is 1. The van der Waals surface area contributed by atoms with E-state index in [-0.39, 0.29) is 10.7 Å². The van der Waals surface area contributed by atoms with Crippen LogP contribution in [-0.2, 0) is 9.84 Å². The lowest BCUT2D eigenvalue weighted by atomic mass is 10.3. The number of carbonyl (C=O) groups is 1. The summed E-state index contributed by atoms with van der Waals surface area (Å²) < 4.78 is 28.8. The second kappa shape index (κ2) is 5.18. The molecule has 1 N–H and O–H groups in total. The van der Waals surface area contributed by atoms with Crippen molar-refractivity contribution < 1.29 is 17.6 Å². The molecular formula is C13H11N3O4S2. The fourth-order valence-electron chi connectivity index (χ4n) is 1.86. The Morgan fingerprint density at radius 1 is 1.36 bits per heavy atom. The zero-order valence-corrected chi connectivity index (χ0v) is 13.3. The molecule has 0 atom stereocenters. The first-order valence-electron chi connectivity index (χ1n) is 6.16. The standard InChI is InChI=1S/C13H11N3O4S2/c1-7-11(20-6-14-7)12(17)16-13-15-9-4-3-8(22(2,18)19)5-10(9)21-13/h3-6H,1-2H3,(H,15,16,17). The van der Waals surface area contributed by atoms with Gasteiger partial charge in [-0.1, -0.05) is 11.3 Å². The van der Waals surface area contributed by atoms with Crippen LogP contribution in [-0.4, -0.2) is 30.5 Å². The molecular weight excluding hydrogens is 326 g/mol. The van der Waals surface area contributed by atoms with E-state index in [9.17, 15) is 13.2 Å². The van der Waals surface area contributed by atoms with Crippen LogP contribution in [0.2, 0.25) is 0 Å².